The molecule has 0 spiro atoms. The second-order valence-electron chi connectivity index (χ2n) is 5.87. The average molecular weight is 265 g/mol. The number of piperidine rings is 1. The van der Waals surface area contributed by atoms with Gasteiger partial charge in [-0.25, -0.2) is 0 Å². The van der Waals surface area contributed by atoms with Gasteiger partial charge in [-0.2, -0.15) is 0 Å². The number of hydrogen-bond acceptors (Lipinski definition) is 3. The van der Waals surface area contributed by atoms with Gasteiger partial charge in [-0.3, -0.25) is 9.59 Å². The summed E-state index contributed by atoms with van der Waals surface area (Å²) in [6.45, 7) is 3.61. The second-order valence-corrected chi connectivity index (χ2v) is 5.87. The molecule has 104 valence electrons. The average Bonchev–Trinajstić information content (AvgIpc) is 2.97. The maximum absolute atomic E-state index is 12.6. The van der Waals surface area contributed by atoms with Gasteiger partial charge in [-0.1, -0.05) is 19.1 Å². The van der Waals surface area contributed by atoms with Gasteiger partial charge in [-0.15, -0.1) is 0 Å². The Balaban J connectivity index is 1.78. The summed E-state index contributed by atoms with van der Waals surface area (Å²) in [5.41, 5.74) is 0. The highest BCUT2D eigenvalue weighted by Crippen LogP contribution is 2.40. The molecule has 19 heavy (non-hydrogen) atoms. The zero-order valence-electron chi connectivity index (χ0n) is 11.0. The summed E-state index contributed by atoms with van der Waals surface area (Å²) >= 11 is 0. The molecule has 2 saturated heterocycles. The fraction of sp³-hybridized carbons (Fsp3) is 0.714. The van der Waals surface area contributed by atoms with E-state index in [1.165, 1.54) is 0 Å². The van der Waals surface area contributed by atoms with Crippen molar-refractivity contribution in [2.75, 3.05) is 13.1 Å². The van der Waals surface area contributed by atoms with Gasteiger partial charge in [0.05, 0.1) is 18.1 Å². The molecule has 5 atom stereocenters. The van der Waals surface area contributed by atoms with Crippen LogP contribution >= 0.6 is 0 Å². The smallest absolute Gasteiger partial charge is 0.310 e. The lowest BCUT2D eigenvalue weighted by atomic mass is 9.81. The van der Waals surface area contributed by atoms with Crippen LogP contribution in [0.3, 0.4) is 0 Å². The van der Waals surface area contributed by atoms with Crippen molar-refractivity contribution in [3.8, 4) is 0 Å². The topological polar surface area (TPSA) is 66.8 Å². The number of carboxylic acids is 1. The summed E-state index contributed by atoms with van der Waals surface area (Å²) < 4.78 is 5.56. The highest BCUT2D eigenvalue weighted by molar-refractivity contribution is 5.87. The first-order chi connectivity index (χ1) is 9.08. The van der Waals surface area contributed by atoms with Crippen LogP contribution in [0.2, 0.25) is 0 Å². The first-order valence-electron chi connectivity index (χ1n) is 6.93. The van der Waals surface area contributed by atoms with Gasteiger partial charge in [0.2, 0.25) is 5.91 Å². The maximum atomic E-state index is 12.6. The van der Waals surface area contributed by atoms with E-state index in [0.29, 0.717) is 5.92 Å². The Hall–Kier alpha value is -1.36. The Morgan fingerprint density at radius 2 is 1.95 bits per heavy atom. The van der Waals surface area contributed by atoms with Gasteiger partial charge in [0.25, 0.3) is 0 Å². The number of amides is 1. The van der Waals surface area contributed by atoms with Crippen molar-refractivity contribution in [2.45, 2.75) is 32.0 Å². The Morgan fingerprint density at radius 3 is 2.58 bits per heavy atom. The summed E-state index contributed by atoms with van der Waals surface area (Å²) in [6, 6.07) is 0. The molecule has 0 aliphatic carbocycles. The molecule has 0 aromatic rings. The van der Waals surface area contributed by atoms with Crippen LogP contribution in [0, 0.1) is 17.8 Å². The summed E-state index contributed by atoms with van der Waals surface area (Å²) in [4.78, 5) is 25.8. The van der Waals surface area contributed by atoms with Crippen LogP contribution < -0.4 is 0 Å². The molecule has 2 fully saturated rings. The van der Waals surface area contributed by atoms with E-state index in [2.05, 4.69) is 6.92 Å². The third-order valence-electron chi connectivity index (χ3n) is 4.44. The number of aliphatic carboxylic acids is 1. The zero-order chi connectivity index (χ0) is 13.6. The normalized spacial score (nSPS) is 40.7. The van der Waals surface area contributed by atoms with Crippen LogP contribution in [-0.2, 0) is 14.3 Å². The Labute approximate surface area is 112 Å². The van der Waals surface area contributed by atoms with E-state index < -0.39 is 23.9 Å². The molecular weight excluding hydrogens is 246 g/mol. The molecule has 3 heterocycles. The van der Waals surface area contributed by atoms with Crippen molar-refractivity contribution in [1.82, 2.24) is 4.90 Å². The third-order valence-corrected chi connectivity index (χ3v) is 4.44. The minimum atomic E-state index is -0.930. The Morgan fingerprint density at radius 1 is 1.26 bits per heavy atom. The molecule has 0 aromatic carbocycles. The van der Waals surface area contributed by atoms with Crippen molar-refractivity contribution in [3.63, 3.8) is 0 Å². The van der Waals surface area contributed by atoms with Crippen molar-refractivity contribution in [1.29, 1.82) is 0 Å². The zero-order valence-corrected chi connectivity index (χ0v) is 11.0. The number of rotatable bonds is 2. The highest BCUT2D eigenvalue weighted by atomic mass is 16.5. The van der Waals surface area contributed by atoms with Crippen LogP contribution in [0.4, 0.5) is 0 Å². The molecule has 3 aliphatic heterocycles. The number of hydrogen-bond donors (Lipinski definition) is 1. The molecule has 3 rings (SSSR count). The standard InChI is InChI=1S/C14H19NO4/c1-8-3-2-6-15(7-8)13(16)11-9-4-5-10(19-9)12(11)14(17)18/h4-5,8-12H,2-3,6-7H2,1H3,(H,17,18)/t8-,9-,10-,11+,12+/m1/s1. The lowest BCUT2D eigenvalue weighted by molar-refractivity contribution is -0.150. The van der Waals surface area contributed by atoms with Gasteiger partial charge >= 0.3 is 5.97 Å². The van der Waals surface area contributed by atoms with Crippen LogP contribution in [0.1, 0.15) is 19.8 Å². The van der Waals surface area contributed by atoms with Crippen LogP contribution in [0.15, 0.2) is 12.2 Å². The number of carbonyl (C=O) groups is 2. The predicted octanol–water partition coefficient (Wildman–Crippen LogP) is 0.899. The van der Waals surface area contributed by atoms with Gasteiger partial charge < -0.3 is 14.7 Å². The van der Waals surface area contributed by atoms with Crippen molar-refractivity contribution in [2.24, 2.45) is 17.8 Å². The summed E-state index contributed by atoms with van der Waals surface area (Å²) in [6.07, 6.45) is 4.96. The first-order valence-corrected chi connectivity index (χ1v) is 6.93. The van der Waals surface area contributed by atoms with Crippen molar-refractivity contribution >= 4 is 11.9 Å². The van der Waals surface area contributed by atoms with Gasteiger partial charge in [0.15, 0.2) is 0 Å². The molecule has 0 unspecified atom stereocenters. The summed E-state index contributed by atoms with van der Waals surface area (Å²) in [5, 5.41) is 9.32. The third kappa shape index (κ3) is 2.06. The van der Waals surface area contributed by atoms with E-state index >= 15 is 0 Å². The fourth-order valence-electron chi connectivity index (χ4n) is 3.50. The number of likely N-dealkylation sites (tertiary alicyclic amines) is 1. The minimum absolute atomic E-state index is 0.0456. The van der Waals surface area contributed by atoms with Crippen molar-refractivity contribution < 1.29 is 19.4 Å². The van der Waals surface area contributed by atoms with Crippen LogP contribution in [0.5, 0.6) is 0 Å². The number of nitrogens with zero attached hydrogens (tertiary/aromatic N) is 1. The van der Waals surface area contributed by atoms with Gasteiger partial charge in [0, 0.05) is 13.1 Å². The molecule has 5 nitrogen and oxygen atoms in total. The number of carboxylic acid groups (broad SMARTS) is 1. The van der Waals surface area contributed by atoms with E-state index in [9.17, 15) is 14.7 Å². The molecule has 1 N–H and O–H groups in total. The quantitative estimate of drug-likeness (QED) is 0.753. The lowest BCUT2D eigenvalue weighted by Crippen LogP contribution is -2.48. The van der Waals surface area contributed by atoms with E-state index in [0.717, 1.165) is 25.9 Å². The maximum Gasteiger partial charge on any atom is 0.310 e. The van der Waals surface area contributed by atoms with Gasteiger partial charge in [-0.05, 0) is 18.8 Å². The number of fused-ring (bicyclic) bond motifs is 2. The minimum Gasteiger partial charge on any atom is -0.481 e. The fourth-order valence-corrected chi connectivity index (χ4v) is 3.50. The van der Waals surface area contributed by atoms with E-state index in [1.807, 2.05) is 11.0 Å². The SMILES string of the molecule is C[C@@H]1CCCN(C(=O)[C@@H]2[C@@H](C(=O)O)[C@H]3C=C[C@H]2O3)C1. The molecule has 5 heteroatoms. The van der Waals surface area contributed by atoms with E-state index in [4.69, 9.17) is 4.74 Å². The molecule has 0 radical (unpaired) electrons. The Bertz CT molecular complexity index is 433. The van der Waals surface area contributed by atoms with Gasteiger partial charge in [0.1, 0.15) is 5.92 Å². The highest BCUT2D eigenvalue weighted by Gasteiger charge is 2.54. The number of carbonyl (C=O) groups excluding carboxylic acids is 1. The molecule has 0 saturated carbocycles. The monoisotopic (exact) mass is 265 g/mol. The first kappa shape index (κ1) is 12.7. The molecule has 2 bridgehead atoms. The van der Waals surface area contributed by atoms with E-state index in [1.54, 1.807) is 6.08 Å². The van der Waals surface area contributed by atoms with E-state index in [-0.39, 0.29) is 12.0 Å². The van der Waals surface area contributed by atoms with Crippen LogP contribution in [0.25, 0.3) is 0 Å². The predicted molar refractivity (Wildman–Crippen MR) is 67.4 cm³/mol. The second kappa shape index (κ2) is 4.63. The molecule has 0 aromatic heterocycles. The molecular formula is C14H19NO4. The van der Waals surface area contributed by atoms with Crippen molar-refractivity contribution in [3.05, 3.63) is 12.2 Å². The largest absolute Gasteiger partial charge is 0.481 e. The molecule has 1 amide bonds. The summed E-state index contributed by atoms with van der Waals surface area (Å²) in [7, 11) is 0. The Kier molecular flexibility index (Phi) is 3.09. The molecule has 3 aliphatic rings. The van der Waals surface area contributed by atoms with Crippen LogP contribution in [-0.4, -0.2) is 47.2 Å². The summed E-state index contributed by atoms with van der Waals surface area (Å²) in [5.74, 6) is -1.75. The number of ether oxygens (including phenoxy) is 1. The lowest BCUT2D eigenvalue weighted by Gasteiger charge is -2.34.